The predicted octanol–water partition coefficient (Wildman–Crippen LogP) is 1.98. The van der Waals surface area contributed by atoms with Gasteiger partial charge in [-0.2, -0.15) is 0 Å². The van der Waals surface area contributed by atoms with Crippen molar-refractivity contribution >= 4 is 11.4 Å². The van der Waals surface area contributed by atoms with E-state index in [9.17, 15) is 0 Å². The maximum atomic E-state index is 5.60. The normalized spacial score (nSPS) is 8.67. The Morgan fingerprint density at radius 1 is 0.583 bits per heavy atom. The van der Waals surface area contributed by atoms with E-state index in [2.05, 4.69) is 0 Å². The van der Waals surface area contributed by atoms with Gasteiger partial charge in [-0.25, -0.2) is 0 Å². The molecule has 0 amide bonds. The number of nitrogens with two attached hydrogens (primary N) is 2. The molecule has 2 heteroatoms. The molecule has 1 aromatic carbocycles. The van der Waals surface area contributed by atoms with Crippen molar-refractivity contribution in [3.05, 3.63) is 48.5 Å². The lowest BCUT2D eigenvalue weighted by molar-refractivity contribution is 1.68. The summed E-state index contributed by atoms with van der Waals surface area (Å²) in [5.74, 6) is 0. The molecule has 0 radical (unpaired) electrons. The molecule has 0 saturated heterocycles. The minimum Gasteiger partial charge on any atom is -0.399 e. The van der Waals surface area contributed by atoms with E-state index >= 15 is 0 Å². The Labute approximate surface area is 72.2 Å². The summed E-state index contributed by atoms with van der Waals surface area (Å²) in [6, 6.07) is 14.7. The van der Waals surface area contributed by atoms with Crippen molar-refractivity contribution in [2.24, 2.45) is 0 Å². The molecule has 0 aliphatic carbocycles. The standard InChI is InChI=1S/C10H12N2/c11-9-5-1-2-6-10(12)8-4-3-7-9/h1-8H,11-12H2. The van der Waals surface area contributed by atoms with E-state index in [-0.39, 0.29) is 0 Å². The van der Waals surface area contributed by atoms with Crippen molar-refractivity contribution in [3.63, 3.8) is 0 Å². The fraction of sp³-hybridized carbons (Fsp3) is 0. The molecule has 4 N–H and O–H groups in total. The highest BCUT2D eigenvalue weighted by Gasteiger charge is 1.74. The van der Waals surface area contributed by atoms with Crippen LogP contribution in [0, 0.1) is 0 Å². The number of hydrogen-bond donors (Lipinski definition) is 2. The summed E-state index contributed by atoms with van der Waals surface area (Å²) in [6.07, 6.45) is 0. The minimum absolute atomic E-state index is 0.727. The van der Waals surface area contributed by atoms with Crippen LogP contribution < -0.4 is 11.5 Å². The second-order valence-electron chi connectivity index (χ2n) is 2.44. The Morgan fingerprint density at radius 3 is 1.08 bits per heavy atom. The van der Waals surface area contributed by atoms with Crippen molar-refractivity contribution < 1.29 is 0 Å². The number of anilines is 2. The lowest BCUT2D eigenvalue weighted by Crippen LogP contribution is -1.80. The third-order valence-electron chi connectivity index (χ3n) is 1.38. The Balaban J connectivity index is 3.18. The Bertz CT molecular complexity index is 247. The van der Waals surface area contributed by atoms with E-state index in [1.54, 1.807) is 0 Å². The van der Waals surface area contributed by atoms with Gasteiger partial charge in [0.25, 0.3) is 0 Å². The zero-order chi connectivity index (χ0) is 8.81. The van der Waals surface area contributed by atoms with E-state index in [0.717, 1.165) is 11.4 Å². The van der Waals surface area contributed by atoms with Crippen LogP contribution in [0.2, 0.25) is 0 Å². The SMILES string of the molecule is Nc1ccccc(N)cccc1. The first-order valence-corrected chi connectivity index (χ1v) is 3.73. The van der Waals surface area contributed by atoms with Crippen molar-refractivity contribution in [1.82, 2.24) is 0 Å². The third-order valence-corrected chi connectivity index (χ3v) is 1.38. The van der Waals surface area contributed by atoms with Crippen LogP contribution in [0.4, 0.5) is 11.4 Å². The van der Waals surface area contributed by atoms with Gasteiger partial charge in [0.1, 0.15) is 0 Å². The van der Waals surface area contributed by atoms with Crippen LogP contribution in [-0.4, -0.2) is 0 Å². The Kier molecular flexibility index (Phi) is 2.96. The lowest BCUT2D eigenvalue weighted by Gasteiger charge is -1.85. The second kappa shape index (κ2) is 4.23. The van der Waals surface area contributed by atoms with Gasteiger partial charge < -0.3 is 11.5 Å². The summed E-state index contributed by atoms with van der Waals surface area (Å²) < 4.78 is 0. The molecule has 2 nitrogen and oxygen atoms in total. The van der Waals surface area contributed by atoms with E-state index < -0.39 is 0 Å². The molecule has 0 heterocycles. The molecule has 62 valence electrons. The molecule has 0 aliphatic heterocycles. The summed E-state index contributed by atoms with van der Waals surface area (Å²) in [5, 5.41) is 0. The highest BCUT2D eigenvalue weighted by atomic mass is 14.5. The molecule has 12 heavy (non-hydrogen) atoms. The molecular weight excluding hydrogens is 148 g/mol. The van der Waals surface area contributed by atoms with Gasteiger partial charge in [-0.1, -0.05) is 24.3 Å². The van der Waals surface area contributed by atoms with Crippen molar-refractivity contribution in [2.45, 2.75) is 0 Å². The number of rotatable bonds is 0. The molecule has 0 spiro atoms. The van der Waals surface area contributed by atoms with E-state index in [4.69, 9.17) is 11.5 Å². The molecule has 0 atom stereocenters. The topological polar surface area (TPSA) is 52.0 Å². The predicted molar refractivity (Wildman–Crippen MR) is 52.9 cm³/mol. The van der Waals surface area contributed by atoms with Gasteiger partial charge in [0.2, 0.25) is 0 Å². The number of hydrogen-bond acceptors (Lipinski definition) is 2. The Morgan fingerprint density at radius 2 is 0.833 bits per heavy atom. The smallest absolute Gasteiger partial charge is 0.0313 e. The fourth-order valence-electron chi connectivity index (χ4n) is 0.778. The molecule has 0 fully saturated rings. The summed E-state index contributed by atoms with van der Waals surface area (Å²) in [5.41, 5.74) is 12.6. The average molecular weight is 160 g/mol. The van der Waals surface area contributed by atoms with Crippen LogP contribution in [0.3, 0.4) is 0 Å². The van der Waals surface area contributed by atoms with Crippen LogP contribution in [0.25, 0.3) is 0 Å². The molecule has 0 unspecified atom stereocenters. The van der Waals surface area contributed by atoms with Crippen LogP contribution in [-0.2, 0) is 0 Å². The third kappa shape index (κ3) is 2.92. The summed E-state index contributed by atoms with van der Waals surface area (Å²) >= 11 is 0. The molecule has 1 aromatic rings. The molecule has 0 aromatic heterocycles. The van der Waals surface area contributed by atoms with Gasteiger partial charge in [0, 0.05) is 11.4 Å². The summed E-state index contributed by atoms with van der Waals surface area (Å²) in [6.45, 7) is 0. The highest BCUT2D eigenvalue weighted by molar-refractivity contribution is 5.38. The van der Waals surface area contributed by atoms with Gasteiger partial charge in [0.05, 0.1) is 0 Å². The molecule has 0 aliphatic rings. The second-order valence-corrected chi connectivity index (χ2v) is 2.44. The maximum absolute atomic E-state index is 5.60. The van der Waals surface area contributed by atoms with Gasteiger partial charge in [0.15, 0.2) is 0 Å². The number of nitrogen functional groups attached to an aromatic ring is 2. The first-order chi connectivity index (χ1) is 5.79. The fourth-order valence-corrected chi connectivity index (χ4v) is 0.778. The minimum atomic E-state index is 0.727. The average Bonchev–Trinajstić information content (AvgIpc) is 2.06. The van der Waals surface area contributed by atoms with Gasteiger partial charge in [-0.05, 0) is 24.3 Å². The van der Waals surface area contributed by atoms with Crippen LogP contribution in [0.15, 0.2) is 48.5 Å². The first kappa shape index (κ1) is 8.40. The van der Waals surface area contributed by atoms with E-state index in [0.29, 0.717) is 0 Å². The Hall–Kier alpha value is -1.70. The van der Waals surface area contributed by atoms with Crippen LogP contribution in [0.5, 0.6) is 0 Å². The van der Waals surface area contributed by atoms with E-state index in [1.165, 1.54) is 0 Å². The van der Waals surface area contributed by atoms with Crippen molar-refractivity contribution in [3.8, 4) is 0 Å². The molecule has 0 saturated carbocycles. The van der Waals surface area contributed by atoms with Gasteiger partial charge in [-0.15, -0.1) is 0 Å². The maximum Gasteiger partial charge on any atom is 0.0313 e. The summed E-state index contributed by atoms with van der Waals surface area (Å²) in [7, 11) is 0. The molecular formula is C10H12N2. The largest absolute Gasteiger partial charge is 0.399 e. The van der Waals surface area contributed by atoms with Gasteiger partial charge in [-0.3, -0.25) is 0 Å². The van der Waals surface area contributed by atoms with E-state index in [1.807, 2.05) is 48.5 Å². The monoisotopic (exact) mass is 160 g/mol. The van der Waals surface area contributed by atoms with Crippen molar-refractivity contribution in [1.29, 1.82) is 0 Å². The lowest BCUT2D eigenvalue weighted by atomic mass is 10.3. The van der Waals surface area contributed by atoms with Crippen LogP contribution in [0.1, 0.15) is 0 Å². The zero-order valence-corrected chi connectivity index (χ0v) is 6.77. The van der Waals surface area contributed by atoms with Crippen molar-refractivity contribution in [2.75, 3.05) is 11.5 Å². The zero-order valence-electron chi connectivity index (χ0n) is 6.77. The quantitative estimate of drug-likeness (QED) is 0.609. The van der Waals surface area contributed by atoms with Crippen LogP contribution >= 0.6 is 0 Å². The van der Waals surface area contributed by atoms with Gasteiger partial charge >= 0.3 is 0 Å². The highest BCUT2D eigenvalue weighted by Crippen LogP contribution is 1.98. The first-order valence-electron chi connectivity index (χ1n) is 3.73. The molecule has 0 bridgehead atoms. The molecule has 1 rings (SSSR count). The summed E-state index contributed by atoms with van der Waals surface area (Å²) in [4.78, 5) is 0.